The van der Waals surface area contributed by atoms with E-state index in [1.54, 1.807) is 36.4 Å². The standard InChI is InChI=1S/C26H38O6S2/c1-2-3-4-5-6-7-8-9-10-17-22-25(33(27,28)29)26(34(30,31)32,23-18-13-11-14-19-23)24-20-15-12-16-21-24/h11-16,18-21,25H,2-10,17,22H2,1H3,(H,27,28,29)(H,30,31,32). The number of rotatable bonds is 16. The molecule has 0 saturated heterocycles. The predicted molar refractivity (Wildman–Crippen MR) is 137 cm³/mol. The minimum absolute atomic E-state index is 0.0957. The third kappa shape index (κ3) is 7.38. The molecule has 2 rings (SSSR count). The van der Waals surface area contributed by atoms with Gasteiger partial charge in [-0.1, -0.05) is 132 Å². The molecule has 1 unspecified atom stereocenters. The highest BCUT2D eigenvalue weighted by Crippen LogP contribution is 2.45. The van der Waals surface area contributed by atoms with E-state index in [0.717, 1.165) is 19.3 Å². The van der Waals surface area contributed by atoms with E-state index in [0.29, 0.717) is 12.8 Å². The Balaban J connectivity index is 2.28. The molecule has 0 amide bonds. The normalized spacial score (nSPS) is 13.6. The molecule has 190 valence electrons. The van der Waals surface area contributed by atoms with Crippen molar-refractivity contribution in [2.45, 2.75) is 87.5 Å². The highest BCUT2D eigenvalue weighted by Gasteiger charge is 2.57. The first-order valence-corrected chi connectivity index (χ1v) is 15.1. The van der Waals surface area contributed by atoms with Gasteiger partial charge < -0.3 is 0 Å². The van der Waals surface area contributed by atoms with Crippen molar-refractivity contribution in [2.24, 2.45) is 0 Å². The van der Waals surface area contributed by atoms with Crippen LogP contribution >= 0.6 is 0 Å². The van der Waals surface area contributed by atoms with Gasteiger partial charge in [0.15, 0.2) is 4.75 Å². The van der Waals surface area contributed by atoms with Gasteiger partial charge in [-0.2, -0.15) is 16.8 Å². The molecule has 0 aliphatic rings. The number of hydrogen-bond acceptors (Lipinski definition) is 4. The summed E-state index contributed by atoms with van der Waals surface area (Å²) in [5, 5.41) is -1.76. The van der Waals surface area contributed by atoms with E-state index in [9.17, 15) is 25.9 Å². The Labute approximate surface area is 205 Å². The highest BCUT2D eigenvalue weighted by molar-refractivity contribution is 7.91. The number of hydrogen-bond donors (Lipinski definition) is 2. The summed E-state index contributed by atoms with van der Waals surface area (Å²) in [7, 11) is -9.87. The summed E-state index contributed by atoms with van der Waals surface area (Å²) < 4.78 is 69.7. The van der Waals surface area contributed by atoms with Crippen LogP contribution in [0.3, 0.4) is 0 Å². The van der Waals surface area contributed by atoms with Crippen LogP contribution in [0.25, 0.3) is 0 Å². The van der Waals surface area contributed by atoms with Gasteiger partial charge in [0.2, 0.25) is 0 Å². The van der Waals surface area contributed by atoms with E-state index in [2.05, 4.69) is 6.92 Å². The molecule has 0 radical (unpaired) electrons. The maximum atomic E-state index is 13.0. The summed E-state index contributed by atoms with van der Waals surface area (Å²) in [6.45, 7) is 2.19. The Kier molecular flexibility index (Phi) is 11.2. The second kappa shape index (κ2) is 13.4. The zero-order valence-corrected chi connectivity index (χ0v) is 21.6. The van der Waals surface area contributed by atoms with Crippen LogP contribution in [-0.4, -0.2) is 31.2 Å². The van der Waals surface area contributed by atoms with Crippen molar-refractivity contribution >= 4 is 20.2 Å². The third-order valence-corrected chi connectivity index (χ3v) is 9.47. The Hall–Kier alpha value is -1.74. The van der Waals surface area contributed by atoms with Crippen LogP contribution in [0, 0.1) is 0 Å². The van der Waals surface area contributed by atoms with Crippen LogP contribution < -0.4 is 0 Å². The molecular formula is C26H38O6S2. The van der Waals surface area contributed by atoms with Crippen molar-refractivity contribution < 1.29 is 25.9 Å². The van der Waals surface area contributed by atoms with E-state index in [4.69, 9.17) is 0 Å². The van der Waals surface area contributed by atoms with E-state index < -0.39 is 30.2 Å². The molecule has 0 aliphatic heterocycles. The van der Waals surface area contributed by atoms with E-state index >= 15 is 0 Å². The zero-order chi connectivity index (χ0) is 25.1. The average Bonchev–Trinajstić information content (AvgIpc) is 2.79. The molecule has 2 aromatic rings. The molecule has 0 heterocycles. The number of benzene rings is 2. The zero-order valence-electron chi connectivity index (χ0n) is 20.0. The van der Waals surface area contributed by atoms with Gasteiger partial charge in [-0.3, -0.25) is 9.11 Å². The van der Waals surface area contributed by atoms with Gasteiger partial charge in [0, 0.05) is 0 Å². The fraction of sp³-hybridized carbons (Fsp3) is 0.538. The lowest BCUT2D eigenvalue weighted by atomic mass is 9.85. The van der Waals surface area contributed by atoms with E-state index in [1.165, 1.54) is 56.4 Å². The van der Waals surface area contributed by atoms with Gasteiger partial charge in [0.05, 0.1) is 0 Å². The summed E-state index contributed by atoms with van der Waals surface area (Å²) in [5.41, 5.74) is 0.191. The average molecular weight is 511 g/mol. The van der Waals surface area contributed by atoms with Crippen molar-refractivity contribution in [1.82, 2.24) is 0 Å². The molecule has 0 bridgehead atoms. The minimum Gasteiger partial charge on any atom is -0.285 e. The Morgan fingerprint density at radius 2 is 1.03 bits per heavy atom. The lowest BCUT2D eigenvalue weighted by molar-refractivity contribution is 0.399. The molecule has 0 fully saturated rings. The first-order valence-electron chi connectivity index (χ1n) is 12.2. The summed E-state index contributed by atoms with van der Waals surface area (Å²) in [6.07, 6.45) is 10.2. The van der Waals surface area contributed by atoms with Crippen molar-refractivity contribution in [3.8, 4) is 0 Å². The summed E-state index contributed by atoms with van der Waals surface area (Å²) in [6, 6.07) is 15.6. The fourth-order valence-electron chi connectivity index (χ4n) is 4.75. The lowest BCUT2D eigenvalue weighted by Gasteiger charge is -2.37. The molecule has 1 atom stereocenters. The minimum atomic E-state index is -5.02. The van der Waals surface area contributed by atoms with Crippen LogP contribution in [0.4, 0.5) is 0 Å². The van der Waals surface area contributed by atoms with Crippen LogP contribution in [-0.2, 0) is 25.0 Å². The first-order chi connectivity index (χ1) is 16.2. The first kappa shape index (κ1) is 28.5. The molecular weight excluding hydrogens is 472 g/mol. The van der Waals surface area contributed by atoms with Gasteiger partial charge in [-0.05, 0) is 17.5 Å². The third-order valence-electron chi connectivity index (χ3n) is 6.45. The summed E-state index contributed by atoms with van der Waals surface area (Å²) >= 11 is 0. The van der Waals surface area contributed by atoms with Crippen LogP contribution in [0.2, 0.25) is 0 Å². The molecule has 0 spiro atoms. The molecule has 2 N–H and O–H groups in total. The van der Waals surface area contributed by atoms with E-state index in [-0.39, 0.29) is 17.5 Å². The second-order valence-electron chi connectivity index (χ2n) is 8.92. The van der Waals surface area contributed by atoms with Crippen molar-refractivity contribution in [3.63, 3.8) is 0 Å². The monoisotopic (exact) mass is 510 g/mol. The van der Waals surface area contributed by atoms with Gasteiger partial charge >= 0.3 is 0 Å². The largest absolute Gasteiger partial charge is 0.285 e. The highest BCUT2D eigenvalue weighted by atomic mass is 32.2. The maximum absolute atomic E-state index is 13.0. The topological polar surface area (TPSA) is 109 Å². The Morgan fingerprint density at radius 1 is 0.647 bits per heavy atom. The number of unbranched alkanes of at least 4 members (excludes halogenated alkanes) is 9. The van der Waals surface area contributed by atoms with Gasteiger partial charge in [0.25, 0.3) is 20.2 Å². The molecule has 0 aromatic heterocycles. The summed E-state index contributed by atoms with van der Waals surface area (Å²) in [4.78, 5) is 0. The fourth-order valence-corrected chi connectivity index (χ4v) is 7.96. The Morgan fingerprint density at radius 3 is 1.38 bits per heavy atom. The predicted octanol–water partition coefficient (Wildman–Crippen LogP) is 6.39. The molecule has 2 aromatic carbocycles. The van der Waals surface area contributed by atoms with Crippen LogP contribution in [0.1, 0.15) is 88.7 Å². The quantitative estimate of drug-likeness (QED) is 0.200. The van der Waals surface area contributed by atoms with Gasteiger partial charge in [0.1, 0.15) is 5.25 Å². The maximum Gasteiger partial charge on any atom is 0.280 e. The van der Waals surface area contributed by atoms with Crippen LogP contribution in [0.15, 0.2) is 60.7 Å². The van der Waals surface area contributed by atoms with Gasteiger partial charge in [-0.15, -0.1) is 0 Å². The van der Waals surface area contributed by atoms with Gasteiger partial charge in [-0.25, -0.2) is 0 Å². The molecule has 8 heteroatoms. The molecule has 6 nitrogen and oxygen atoms in total. The van der Waals surface area contributed by atoms with E-state index in [1.807, 2.05) is 0 Å². The summed E-state index contributed by atoms with van der Waals surface area (Å²) in [5.74, 6) is 0. The Bertz CT molecular complexity index is 1010. The molecule has 34 heavy (non-hydrogen) atoms. The smallest absolute Gasteiger partial charge is 0.280 e. The molecule has 0 aliphatic carbocycles. The van der Waals surface area contributed by atoms with Crippen molar-refractivity contribution in [2.75, 3.05) is 0 Å². The SMILES string of the molecule is CCCCCCCCCCCCC(C(c1ccccc1)(c1ccccc1)S(=O)(=O)O)S(=O)(=O)O. The second-order valence-corrected chi connectivity index (χ2v) is 12.1. The van der Waals surface area contributed by atoms with Crippen molar-refractivity contribution in [3.05, 3.63) is 71.8 Å². The lowest BCUT2D eigenvalue weighted by Crippen LogP contribution is -2.51. The molecule has 0 saturated carbocycles. The van der Waals surface area contributed by atoms with Crippen molar-refractivity contribution in [1.29, 1.82) is 0 Å². The van der Waals surface area contributed by atoms with Crippen LogP contribution in [0.5, 0.6) is 0 Å².